The number of aryl methyl sites for hydroxylation is 4. The molecule has 0 aliphatic rings. The van der Waals surface area contributed by atoms with Crippen LogP contribution in [0.3, 0.4) is 0 Å². The molecule has 0 unspecified atom stereocenters. The fourth-order valence-corrected chi connectivity index (χ4v) is 3.33. The van der Waals surface area contributed by atoms with Crippen LogP contribution in [0, 0.1) is 27.7 Å². The van der Waals surface area contributed by atoms with Gasteiger partial charge in [-0.1, -0.05) is 6.07 Å². The maximum Gasteiger partial charge on any atom is 0.264 e. The molecule has 0 spiro atoms. The highest BCUT2D eigenvalue weighted by molar-refractivity contribution is 7.90. The minimum absolute atomic E-state index is 0.0705. The second-order valence-electron chi connectivity index (χ2n) is 5.76. The summed E-state index contributed by atoms with van der Waals surface area (Å²) in [6.45, 7) is 7.43. The van der Waals surface area contributed by atoms with Crippen molar-refractivity contribution in [2.75, 3.05) is 0 Å². The Morgan fingerprint density at radius 2 is 1.83 bits per heavy atom. The second-order valence-corrected chi connectivity index (χ2v) is 7.44. The molecule has 128 valence electrons. The average molecular weight is 347 g/mol. The molecule has 0 fully saturated rings. The SMILES string of the molecule is Cc1ccc(S(=O)(=O)NC(=O)C=Cc2c(C)nn(C)c2C)cc1C. The number of hydrogen-bond acceptors (Lipinski definition) is 4. The van der Waals surface area contributed by atoms with Crippen molar-refractivity contribution in [3.8, 4) is 0 Å². The van der Waals surface area contributed by atoms with E-state index in [1.54, 1.807) is 22.9 Å². The summed E-state index contributed by atoms with van der Waals surface area (Å²) < 4.78 is 28.3. The van der Waals surface area contributed by atoms with Gasteiger partial charge in [-0.25, -0.2) is 13.1 Å². The Hall–Kier alpha value is -2.41. The fraction of sp³-hybridized carbons (Fsp3) is 0.294. The van der Waals surface area contributed by atoms with Crippen LogP contribution in [0.25, 0.3) is 6.08 Å². The van der Waals surface area contributed by atoms with Gasteiger partial charge >= 0.3 is 0 Å². The minimum Gasteiger partial charge on any atom is -0.272 e. The molecule has 0 aliphatic carbocycles. The standard InChI is InChI=1S/C17H21N3O3S/c1-11-6-7-15(10-12(11)2)24(22,23)19-17(21)9-8-16-13(3)18-20(5)14(16)4/h6-10H,1-5H3,(H,19,21). The lowest BCUT2D eigenvalue weighted by Crippen LogP contribution is -2.29. The lowest BCUT2D eigenvalue weighted by Gasteiger charge is -2.07. The summed E-state index contributed by atoms with van der Waals surface area (Å²) >= 11 is 0. The Bertz CT molecular complexity index is 925. The molecule has 1 amide bonds. The van der Waals surface area contributed by atoms with Crippen LogP contribution >= 0.6 is 0 Å². The van der Waals surface area contributed by atoms with Crippen LogP contribution in [-0.4, -0.2) is 24.1 Å². The molecule has 1 aromatic carbocycles. The summed E-state index contributed by atoms with van der Waals surface area (Å²) in [5, 5.41) is 4.24. The zero-order valence-corrected chi connectivity index (χ0v) is 15.2. The molecule has 0 aliphatic heterocycles. The molecule has 2 aromatic rings. The van der Waals surface area contributed by atoms with E-state index in [1.165, 1.54) is 12.1 Å². The van der Waals surface area contributed by atoms with Gasteiger partial charge in [-0.2, -0.15) is 5.10 Å². The number of carbonyl (C=O) groups is 1. The van der Waals surface area contributed by atoms with Crippen molar-refractivity contribution in [3.63, 3.8) is 0 Å². The number of hydrogen-bond donors (Lipinski definition) is 1. The van der Waals surface area contributed by atoms with Crippen molar-refractivity contribution in [2.24, 2.45) is 7.05 Å². The lowest BCUT2D eigenvalue weighted by molar-refractivity contribution is -0.114. The quantitative estimate of drug-likeness (QED) is 0.860. The Morgan fingerprint density at radius 3 is 2.38 bits per heavy atom. The van der Waals surface area contributed by atoms with E-state index in [-0.39, 0.29) is 4.90 Å². The van der Waals surface area contributed by atoms with Crippen molar-refractivity contribution < 1.29 is 13.2 Å². The van der Waals surface area contributed by atoms with E-state index in [0.29, 0.717) is 0 Å². The third-order valence-corrected chi connectivity index (χ3v) is 5.33. The molecular formula is C17H21N3O3S. The molecule has 1 N–H and O–H groups in total. The van der Waals surface area contributed by atoms with E-state index in [1.807, 2.05) is 34.7 Å². The van der Waals surface area contributed by atoms with Crippen molar-refractivity contribution in [1.82, 2.24) is 14.5 Å². The maximum absolute atomic E-state index is 12.3. The third-order valence-electron chi connectivity index (χ3n) is 3.99. The highest BCUT2D eigenvalue weighted by Gasteiger charge is 2.17. The van der Waals surface area contributed by atoms with Gasteiger partial charge in [-0.15, -0.1) is 0 Å². The fourth-order valence-electron chi connectivity index (χ4n) is 2.30. The molecule has 0 saturated heterocycles. The summed E-state index contributed by atoms with van der Waals surface area (Å²) in [7, 11) is -2.08. The molecular weight excluding hydrogens is 326 g/mol. The predicted molar refractivity (Wildman–Crippen MR) is 93.0 cm³/mol. The summed E-state index contributed by atoms with van der Waals surface area (Å²) in [4.78, 5) is 12.1. The van der Waals surface area contributed by atoms with Gasteiger partial charge in [0.05, 0.1) is 10.6 Å². The van der Waals surface area contributed by atoms with Gasteiger partial charge in [-0.05, 0) is 57.0 Å². The van der Waals surface area contributed by atoms with E-state index in [9.17, 15) is 13.2 Å². The molecule has 2 rings (SSSR count). The first-order valence-electron chi connectivity index (χ1n) is 7.44. The van der Waals surface area contributed by atoms with Crippen LogP contribution in [0.15, 0.2) is 29.2 Å². The van der Waals surface area contributed by atoms with E-state index in [0.717, 1.165) is 28.1 Å². The van der Waals surface area contributed by atoms with Gasteiger partial charge in [0.2, 0.25) is 0 Å². The molecule has 24 heavy (non-hydrogen) atoms. The number of nitrogens with one attached hydrogen (secondary N) is 1. The maximum atomic E-state index is 12.3. The molecule has 7 heteroatoms. The first-order valence-corrected chi connectivity index (χ1v) is 8.92. The van der Waals surface area contributed by atoms with E-state index in [2.05, 4.69) is 9.82 Å². The number of sulfonamides is 1. The first-order chi connectivity index (χ1) is 11.1. The van der Waals surface area contributed by atoms with Crippen LogP contribution in [0.1, 0.15) is 28.1 Å². The van der Waals surface area contributed by atoms with Crippen LogP contribution in [0.2, 0.25) is 0 Å². The molecule has 0 radical (unpaired) electrons. The van der Waals surface area contributed by atoms with Gasteiger partial charge in [0.1, 0.15) is 0 Å². The van der Waals surface area contributed by atoms with Crippen LogP contribution in [-0.2, 0) is 21.9 Å². The minimum atomic E-state index is -3.89. The second kappa shape index (κ2) is 6.60. The Kier molecular flexibility index (Phi) is 4.94. The summed E-state index contributed by atoms with van der Waals surface area (Å²) in [5.41, 5.74) is 4.31. The molecule has 0 atom stereocenters. The average Bonchev–Trinajstić information content (AvgIpc) is 2.72. The van der Waals surface area contributed by atoms with Gasteiger partial charge in [0, 0.05) is 24.4 Å². The molecule has 0 bridgehead atoms. The smallest absolute Gasteiger partial charge is 0.264 e. The summed E-state index contributed by atoms with van der Waals surface area (Å²) in [5.74, 6) is -0.698. The van der Waals surface area contributed by atoms with Gasteiger partial charge in [-0.3, -0.25) is 9.48 Å². The van der Waals surface area contributed by atoms with Crippen molar-refractivity contribution in [3.05, 3.63) is 52.4 Å². The van der Waals surface area contributed by atoms with Gasteiger partial charge < -0.3 is 0 Å². The lowest BCUT2D eigenvalue weighted by atomic mass is 10.1. The number of nitrogens with zero attached hydrogens (tertiary/aromatic N) is 2. The zero-order chi connectivity index (χ0) is 18.1. The normalized spacial score (nSPS) is 11.9. The zero-order valence-electron chi connectivity index (χ0n) is 14.4. The Labute approximate surface area is 142 Å². The van der Waals surface area contributed by atoms with Gasteiger partial charge in [0.25, 0.3) is 15.9 Å². The molecule has 0 saturated carbocycles. The summed E-state index contributed by atoms with van der Waals surface area (Å²) in [6, 6.07) is 4.74. The van der Waals surface area contributed by atoms with Crippen LogP contribution in [0.4, 0.5) is 0 Å². The Balaban J connectivity index is 2.19. The monoisotopic (exact) mass is 347 g/mol. The van der Waals surface area contributed by atoms with Crippen molar-refractivity contribution in [1.29, 1.82) is 0 Å². The van der Waals surface area contributed by atoms with Crippen LogP contribution in [0.5, 0.6) is 0 Å². The van der Waals surface area contributed by atoms with Crippen molar-refractivity contribution in [2.45, 2.75) is 32.6 Å². The van der Waals surface area contributed by atoms with E-state index >= 15 is 0 Å². The van der Waals surface area contributed by atoms with E-state index < -0.39 is 15.9 Å². The topological polar surface area (TPSA) is 81.1 Å². The molecule has 1 heterocycles. The number of rotatable bonds is 4. The Morgan fingerprint density at radius 1 is 1.17 bits per heavy atom. The molecule has 1 aromatic heterocycles. The third kappa shape index (κ3) is 3.73. The first kappa shape index (κ1) is 17.9. The number of benzene rings is 1. The number of amides is 1. The van der Waals surface area contributed by atoms with Gasteiger partial charge in [0.15, 0.2) is 0 Å². The van der Waals surface area contributed by atoms with E-state index in [4.69, 9.17) is 0 Å². The van der Waals surface area contributed by atoms with Crippen molar-refractivity contribution >= 4 is 22.0 Å². The predicted octanol–water partition coefficient (Wildman–Crippen LogP) is 2.17. The highest BCUT2D eigenvalue weighted by Crippen LogP contribution is 2.15. The number of carbonyl (C=O) groups excluding carboxylic acids is 1. The highest BCUT2D eigenvalue weighted by atomic mass is 32.2. The molecule has 6 nitrogen and oxygen atoms in total. The largest absolute Gasteiger partial charge is 0.272 e. The number of aromatic nitrogens is 2. The summed E-state index contributed by atoms with van der Waals surface area (Å²) in [6.07, 6.45) is 2.78. The van der Waals surface area contributed by atoms with Crippen LogP contribution < -0.4 is 4.72 Å².